The van der Waals surface area contributed by atoms with Crippen molar-refractivity contribution < 1.29 is 4.39 Å². The van der Waals surface area contributed by atoms with E-state index < -0.39 is 0 Å². The molecule has 1 saturated heterocycles. The predicted molar refractivity (Wildman–Crippen MR) is 87.1 cm³/mol. The highest BCUT2D eigenvalue weighted by molar-refractivity contribution is 6.31. The molecule has 2 rings (SSSR count). The minimum Gasteiger partial charge on any atom is -0.310 e. The molecular formula is C17H26ClFN2. The van der Waals surface area contributed by atoms with Gasteiger partial charge in [0.15, 0.2) is 0 Å². The minimum atomic E-state index is -0.218. The third-order valence-corrected chi connectivity index (χ3v) is 4.85. The fourth-order valence-electron chi connectivity index (χ4n) is 2.75. The van der Waals surface area contributed by atoms with Crippen LogP contribution >= 0.6 is 11.6 Å². The van der Waals surface area contributed by atoms with Crippen LogP contribution < -0.4 is 5.32 Å². The van der Waals surface area contributed by atoms with Gasteiger partial charge >= 0.3 is 0 Å². The molecule has 0 aromatic heterocycles. The third-order valence-electron chi connectivity index (χ3n) is 4.50. The molecule has 1 aliphatic rings. The Labute approximate surface area is 132 Å². The number of benzene rings is 1. The standard InChI is InChI=1S/C17H26ClFN2/c1-16(2,3)15-10-21(17(4,5)11-20-15)9-12-13(18)7-6-8-14(12)19/h6-8,15,20H,9-11H2,1-5H3. The van der Waals surface area contributed by atoms with E-state index in [0.29, 0.717) is 23.2 Å². The van der Waals surface area contributed by atoms with E-state index in [1.807, 2.05) is 0 Å². The highest BCUT2D eigenvalue weighted by atomic mass is 35.5. The van der Waals surface area contributed by atoms with Crippen molar-refractivity contribution in [3.05, 3.63) is 34.6 Å². The molecule has 2 nitrogen and oxygen atoms in total. The van der Waals surface area contributed by atoms with Crippen LogP contribution in [0.4, 0.5) is 4.39 Å². The zero-order valence-electron chi connectivity index (χ0n) is 13.6. The van der Waals surface area contributed by atoms with Crippen molar-refractivity contribution >= 4 is 11.6 Å². The lowest BCUT2D eigenvalue weighted by Gasteiger charge is -2.49. The molecule has 0 saturated carbocycles. The molecule has 0 radical (unpaired) electrons. The van der Waals surface area contributed by atoms with Gasteiger partial charge in [0.1, 0.15) is 5.82 Å². The summed E-state index contributed by atoms with van der Waals surface area (Å²) in [6.07, 6.45) is 0. The van der Waals surface area contributed by atoms with Crippen LogP contribution in [0.3, 0.4) is 0 Å². The highest BCUT2D eigenvalue weighted by Crippen LogP contribution is 2.30. The van der Waals surface area contributed by atoms with E-state index in [4.69, 9.17) is 11.6 Å². The summed E-state index contributed by atoms with van der Waals surface area (Å²) in [7, 11) is 0. The second-order valence-electron chi connectivity index (χ2n) is 7.69. The zero-order valence-corrected chi connectivity index (χ0v) is 14.4. The molecule has 1 heterocycles. The maximum atomic E-state index is 14.1. The quantitative estimate of drug-likeness (QED) is 0.885. The zero-order chi connectivity index (χ0) is 15.8. The average molecular weight is 313 g/mol. The molecule has 1 fully saturated rings. The Morgan fingerprint density at radius 2 is 2.05 bits per heavy atom. The molecule has 1 aromatic carbocycles. The maximum absolute atomic E-state index is 14.1. The van der Waals surface area contributed by atoms with Crippen molar-refractivity contribution in [2.75, 3.05) is 13.1 Å². The largest absolute Gasteiger partial charge is 0.310 e. The number of hydrogen-bond donors (Lipinski definition) is 1. The lowest BCUT2D eigenvalue weighted by atomic mass is 9.82. The fourth-order valence-corrected chi connectivity index (χ4v) is 2.97. The van der Waals surface area contributed by atoms with Crippen LogP contribution in [-0.2, 0) is 6.54 Å². The number of rotatable bonds is 2. The van der Waals surface area contributed by atoms with Gasteiger partial charge in [0.2, 0.25) is 0 Å². The summed E-state index contributed by atoms with van der Waals surface area (Å²) in [5.74, 6) is -0.218. The minimum absolute atomic E-state index is 0.0205. The number of hydrogen-bond acceptors (Lipinski definition) is 2. The van der Waals surface area contributed by atoms with Crippen molar-refractivity contribution in [3.63, 3.8) is 0 Å². The van der Waals surface area contributed by atoms with E-state index in [1.54, 1.807) is 12.1 Å². The molecule has 0 spiro atoms. The second-order valence-corrected chi connectivity index (χ2v) is 8.10. The summed E-state index contributed by atoms with van der Waals surface area (Å²) >= 11 is 6.19. The van der Waals surface area contributed by atoms with Gasteiger partial charge in [-0.2, -0.15) is 0 Å². The van der Waals surface area contributed by atoms with Gasteiger partial charge in [0, 0.05) is 41.8 Å². The Kier molecular flexibility index (Phi) is 4.67. The van der Waals surface area contributed by atoms with Crippen molar-refractivity contribution in [1.82, 2.24) is 10.2 Å². The molecule has 1 unspecified atom stereocenters. The first-order chi connectivity index (χ1) is 9.61. The lowest BCUT2D eigenvalue weighted by Crippen LogP contribution is -2.64. The molecule has 1 aliphatic heterocycles. The molecule has 0 bridgehead atoms. The fraction of sp³-hybridized carbons (Fsp3) is 0.647. The van der Waals surface area contributed by atoms with Crippen LogP contribution in [0, 0.1) is 11.2 Å². The summed E-state index contributed by atoms with van der Waals surface area (Å²) < 4.78 is 14.1. The van der Waals surface area contributed by atoms with E-state index in [-0.39, 0.29) is 16.8 Å². The summed E-state index contributed by atoms with van der Waals surface area (Å²) in [5.41, 5.74) is 0.753. The average Bonchev–Trinajstić information content (AvgIpc) is 2.34. The molecule has 0 aliphatic carbocycles. The van der Waals surface area contributed by atoms with Gasteiger partial charge in [-0.1, -0.05) is 38.4 Å². The molecule has 21 heavy (non-hydrogen) atoms. The number of piperazine rings is 1. The first-order valence-corrected chi connectivity index (χ1v) is 7.90. The van der Waals surface area contributed by atoms with Crippen molar-refractivity contribution in [2.24, 2.45) is 5.41 Å². The Morgan fingerprint density at radius 1 is 1.38 bits per heavy atom. The molecule has 118 valence electrons. The second kappa shape index (κ2) is 5.86. The summed E-state index contributed by atoms with van der Waals surface area (Å²) in [5, 5.41) is 4.14. The predicted octanol–water partition coefficient (Wildman–Crippen LogP) is 4.08. The van der Waals surface area contributed by atoms with Gasteiger partial charge in [-0.3, -0.25) is 4.90 Å². The van der Waals surface area contributed by atoms with Gasteiger partial charge in [-0.05, 0) is 31.4 Å². The summed E-state index contributed by atoms with van der Waals surface area (Å²) in [4.78, 5) is 2.34. The Morgan fingerprint density at radius 3 is 2.62 bits per heavy atom. The van der Waals surface area contributed by atoms with Gasteiger partial charge in [0.25, 0.3) is 0 Å². The van der Waals surface area contributed by atoms with Crippen LogP contribution in [0.1, 0.15) is 40.2 Å². The third kappa shape index (κ3) is 3.77. The monoisotopic (exact) mass is 312 g/mol. The molecule has 1 aromatic rings. The number of halogens is 2. The molecule has 1 N–H and O–H groups in total. The van der Waals surface area contributed by atoms with E-state index in [9.17, 15) is 4.39 Å². The van der Waals surface area contributed by atoms with Crippen LogP contribution in [0.25, 0.3) is 0 Å². The van der Waals surface area contributed by atoms with Crippen molar-refractivity contribution in [3.8, 4) is 0 Å². The molecule has 4 heteroatoms. The van der Waals surface area contributed by atoms with Crippen LogP contribution in [-0.4, -0.2) is 29.6 Å². The van der Waals surface area contributed by atoms with Crippen LogP contribution in [0.5, 0.6) is 0 Å². The number of nitrogens with zero attached hydrogens (tertiary/aromatic N) is 1. The SMILES string of the molecule is CC(C)(C)C1CN(Cc2c(F)cccc2Cl)C(C)(C)CN1. The lowest BCUT2D eigenvalue weighted by molar-refractivity contribution is 0.0288. The maximum Gasteiger partial charge on any atom is 0.129 e. The van der Waals surface area contributed by atoms with E-state index >= 15 is 0 Å². The Balaban J connectivity index is 2.23. The topological polar surface area (TPSA) is 15.3 Å². The van der Waals surface area contributed by atoms with E-state index in [2.05, 4.69) is 44.8 Å². The van der Waals surface area contributed by atoms with Crippen LogP contribution in [0.2, 0.25) is 5.02 Å². The van der Waals surface area contributed by atoms with E-state index in [0.717, 1.165) is 13.1 Å². The highest BCUT2D eigenvalue weighted by Gasteiger charge is 2.38. The van der Waals surface area contributed by atoms with Crippen LogP contribution in [0.15, 0.2) is 18.2 Å². The summed E-state index contributed by atoms with van der Waals surface area (Å²) in [6, 6.07) is 5.28. The molecule has 0 amide bonds. The normalized spacial score (nSPS) is 23.3. The van der Waals surface area contributed by atoms with Gasteiger partial charge in [-0.25, -0.2) is 4.39 Å². The number of nitrogens with one attached hydrogen (secondary N) is 1. The van der Waals surface area contributed by atoms with Gasteiger partial charge in [-0.15, -0.1) is 0 Å². The summed E-state index contributed by atoms with van der Waals surface area (Å²) in [6.45, 7) is 13.4. The first kappa shape index (κ1) is 16.7. The smallest absolute Gasteiger partial charge is 0.129 e. The van der Waals surface area contributed by atoms with Crippen molar-refractivity contribution in [1.29, 1.82) is 0 Å². The van der Waals surface area contributed by atoms with Gasteiger partial charge < -0.3 is 5.32 Å². The Bertz CT molecular complexity index is 488. The van der Waals surface area contributed by atoms with Crippen molar-refractivity contribution in [2.45, 2.75) is 52.7 Å². The first-order valence-electron chi connectivity index (χ1n) is 7.52. The Hall–Kier alpha value is -0.640. The van der Waals surface area contributed by atoms with Gasteiger partial charge in [0.05, 0.1) is 0 Å². The molecule has 1 atom stereocenters. The van der Waals surface area contributed by atoms with E-state index in [1.165, 1.54) is 6.07 Å². The molecular weight excluding hydrogens is 287 g/mol.